The third-order valence-electron chi connectivity index (χ3n) is 13.9. The Kier molecular flexibility index (Phi) is 17.4. The van der Waals surface area contributed by atoms with Gasteiger partial charge in [0.05, 0.1) is 17.8 Å². The van der Waals surface area contributed by atoms with Gasteiger partial charge in [0, 0.05) is 49.8 Å². The van der Waals surface area contributed by atoms with Gasteiger partial charge < -0.3 is 49.0 Å². The SMILES string of the molecule is CC(C)(C)OC(=O)Nc1nc(/C(=N/OC2(C(=O)OC(c3ccccc3)c3ccccc3)CC2)C(=O)NC2C(=O)N(S(=O)(=O)O)[C@H]2CNC(=O)c2cc([C@@H]3CCN(C(=O)c4cc(OCc5ccccc5)c(OCc5ccccc5)c[n+]4[O-])C3)no2)cs1. The third kappa shape index (κ3) is 14.1. The van der Waals surface area contributed by atoms with Crippen molar-refractivity contribution < 1.29 is 74.8 Å². The van der Waals surface area contributed by atoms with Crippen molar-refractivity contribution in [1.82, 2.24) is 30.0 Å². The lowest BCUT2D eigenvalue weighted by molar-refractivity contribution is -0.608. The maximum absolute atomic E-state index is 14.4. The minimum atomic E-state index is -5.29. The van der Waals surface area contributed by atoms with Gasteiger partial charge in [-0.1, -0.05) is 132 Å². The molecule has 1 unspecified atom stereocenters. The zero-order chi connectivity index (χ0) is 60.8. The maximum Gasteiger partial charge on any atom is 0.413 e. The molecule has 5 heterocycles. The van der Waals surface area contributed by atoms with Crippen LogP contribution in [0, 0.1) is 5.21 Å². The molecule has 4 aromatic carbocycles. The number of benzene rings is 4. The molecule has 1 saturated carbocycles. The van der Waals surface area contributed by atoms with Crippen LogP contribution in [0.5, 0.6) is 11.5 Å². The molecule has 25 nitrogen and oxygen atoms in total. The van der Waals surface area contributed by atoms with Crippen LogP contribution in [0.3, 0.4) is 0 Å². The van der Waals surface area contributed by atoms with Gasteiger partial charge in [0.25, 0.3) is 23.4 Å². The van der Waals surface area contributed by atoms with Gasteiger partial charge in [-0.3, -0.25) is 29.0 Å². The van der Waals surface area contributed by atoms with Gasteiger partial charge in [-0.05, 0) is 49.4 Å². The molecule has 3 atom stereocenters. The van der Waals surface area contributed by atoms with Gasteiger partial charge >= 0.3 is 28.3 Å². The van der Waals surface area contributed by atoms with Crippen molar-refractivity contribution in [2.24, 2.45) is 5.16 Å². The summed E-state index contributed by atoms with van der Waals surface area (Å²) in [5, 5.41) is 30.2. The summed E-state index contributed by atoms with van der Waals surface area (Å²) >= 11 is 0.856. The van der Waals surface area contributed by atoms with Crippen LogP contribution < -0.4 is 30.2 Å². The zero-order valence-corrected chi connectivity index (χ0v) is 48.0. The molecule has 7 aromatic rings. The van der Waals surface area contributed by atoms with E-state index in [1.54, 1.807) is 69.3 Å². The largest absolute Gasteiger partial charge is 0.618 e. The van der Waals surface area contributed by atoms with Crippen LogP contribution in [-0.4, -0.2) is 117 Å². The van der Waals surface area contributed by atoms with Crippen molar-refractivity contribution in [2.45, 2.75) is 88.6 Å². The van der Waals surface area contributed by atoms with Gasteiger partial charge in [0.1, 0.15) is 30.6 Å². The molecule has 27 heteroatoms. The molecule has 10 rings (SSSR count). The molecule has 3 aromatic heterocycles. The van der Waals surface area contributed by atoms with E-state index in [1.807, 2.05) is 72.8 Å². The van der Waals surface area contributed by atoms with Crippen LogP contribution in [0.25, 0.3) is 0 Å². The number of carbonyl (C=O) groups is 6. The Labute approximate surface area is 496 Å². The number of hydrogen-bond donors (Lipinski definition) is 4. The number of β-lactam (4-membered cyclic amide) rings is 1. The van der Waals surface area contributed by atoms with Crippen molar-refractivity contribution in [1.29, 1.82) is 0 Å². The number of likely N-dealkylation sites (tertiary alicyclic amines) is 1. The molecular formula is C59H57N9O16S2. The molecule has 1 aliphatic carbocycles. The number of pyridine rings is 1. The first-order valence-electron chi connectivity index (χ1n) is 27.0. The third-order valence-corrected chi connectivity index (χ3v) is 15.6. The lowest BCUT2D eigenvalue weighted by Gasteiger charge is -2.44. The van der Waals surface area contributed by atoms with Crippen LogP contribution in [0.2, 0.25) is 0 Å². The second-order valence-electron chi connectivity index (χ2n) is 21.3. The molecule has 4 N–H and O–H groups in total. The smallest absolute Gasteiger partial charge is 0.413 e. The van der Waals surface area contributed by atoms with E-state index >= 15 is 0 Å². The van der Waals surface area contributed by atoms with Gasteiger partial charge in [0.15, 0.2) is 22.7 Å². The second-order valence-corrected chi connectivity index (χ2v) is 23.4. The molecule has 5 amide bonds. The fourth-order valence-electron chi connectivity index (χ4n) is 9.35. The highest BCUT2D eigenvalue weighted by molar-refractivity contribution is 7.84. The number of esters is 1. The first-order chi connectivity index (χ1) is 41.2. The van der Waals surface area contributed by atoms with Crippen LogP contribution >= 0.6 is 11.3 Å². The number of amides is 5. The number of nitrogens with zero attached hydrogens (tertiary/aromatic N) is 6. The van der Waals surface area contributed by atoms with E-state index < -0.39 is 93.6 Å². The minimum Gasteiger partial charge on any atom is -0.618 e. The Balaban J connectivity index is 0.814. The van der Waals surface area contributed by atoms with Crippen LogP contribution in [0.4, 0.5) is 9.93 Å². The molecule has 446 valence electrons. The number of carbonyl (C=O) groups excluding carboxylic acids is 6. The van der Waals surface area contributed by atoms with E-state index in [0.717, 1.165) is 28.7 Å². The molecule has 2 aliphatic heterocycles. The number of ether oxygens (including phenoxy) is 4. The summed E-state index contributed by atoms with van der Waals surface area (Å²) in [4.78, 5) is 93.8. The highest BCUT2D eigenvalue weighted by atomic mass is 32.2. The van der Waals surface area contributed by atoms with Crippen molar-refractivity contribution in [2.75, 3.05) is 25.0 Å². The van der Waals surface area contributed by atoms with Crippen LogP contribution in [0.1, 0.15) is 107 Å². The number of aromatic nitrogens is 3. The number of hydrogen-bond acceptors (Lipinski definition) is 19. The normalized spacial score (nSPS) is 17.2. The van der Waals surface area contributed by atoms with E-state index in [9.17, 15) is 46.9 Å². The predicted octanol–water partition coefficient (Wildman–Crippen LogP) is 6.41. The van der Waals surface area contributed by atoms with Crippen LogP contribution in [-0.2, 0) is 52.2 Å². The van der Waals surface area contributed by atoms with E-state index in [2.05, 4.69) is 31.2 Å². The number of nitrogens with one attached hydrogen (secondary N) is 3. The molecule has 0 spiro atoms. The number of oxime groups is 1. The number of anilines is 1. The Morgan fingerprint density at radius 1 is 0.884 bits per heavy atom. The zero-order valence-electron chi connectivity index (χ0n) is 46.4. The molecule has 2 saturated heterocycles. The van der Waals surface area contributed by atoms with E-state index in [4.69, 9.17) is 28.3 Å². The van der Waals surface area contributed by atoms with Gasteiger partial charge in [0.2, 0.25) is 23.3 Å². The van der Waals surface area contributed by atoms with Gasteiger partial charge in [-0.15, -0.1) is 11.3 Å². The summed E-state index contributed by atoms with van der Waals surface area (Å²) < 4.78 is 64.7. The maximum atomic E-state index is 14.4. The molecule has 3 fully saturated rings. The highest BCUT2D eigenvalue weighted by Gasteiger charge is 2.57. The average Bonchev–Trinajstić information content (AvgIpc) is 1.25. The second kappa shape index (κ2) is 25.2. The number of thiazole rings is 1. The Morgan fingerprint density at radius 3 is 2.08 bits per heavy atom. The van der Waals surface area contributed by atoms with E-state index in [0.29, 0.717) is 22.3 Å². The van der Waals surface area contributed by atoms with Gasteiger partial charge in [-0.25, -0.2) is 18.9 Å². The Hall–Kier alpha value is -9.73. The standard InChI is InChI=1S/C59H57N9O16S2/c1-58(2,3)82-57(74)63-56-61-42(35-85-56)48(65-84-59(25-26-59)55(73)81-50(38-20-12-6-13-21-38)39-22-14-7-15-23-39)52(70)62-49-44(68(54(49)72)86(76,77)78)30-60-51(69)46-28-41(64-83-46)40-24-27-66(31-40)53(71)43-29-45(79-33-36-16-8-4-9-17-36)47(32-67(43)75)80-34-37-18-10-5-11-19-37/h4-23,28-29,32,35,40,44,49-50H,24-27,30-31,33-34H2,1-3H3,(H,60,69)(H,62,70)(H,61,63,74)(H,76,77,78)/b65-48-/t40-,44+,49?/m1/s1. The van der Waals surface area contributed by atoms with Crippen molar-refractivity contribution in [3.8, 4) is 11.5 Å². The summed E-state index contributed by atoms with van der Waals surface area (Å²) in [6.45, 7) is 4.77. The predicted molar refractivity (Wildman–Crippen MR) is 306 cm³/mol. The number of rotatable bonds is 22. The summed E-state index contributed by atoms with van der Waals surface area (Å²) in [7, 11) is -5.29. The molecule has 3 aliphatic rings. The monoisotopic (exact) mass is 1210 g/mol. The first kappa shape index (κ1) is 59.4. The summed E-state index contributed by atoms with van der Waals surface area (Å²) in [6, 6.07) is 35.8. The molecule has 86 heavy (non-hydrogen) atoms. The van der Waals surface area contributed by atoms with Crippen molar-refractivity contribution in [3.63, 3.8) is 0 Å². The van der Waals surface area contributed by atoms with E-state index in [1.165, 1.54) is 22.4 Å². The topological polar surface area (TPSA) is 324 Å². The Bertz CT molecular complexity index is 3750. The van der Waals surface area contributed by atoms with E-state index in [-0.39, 0.29) is 82.9 Å². The summed E-state index contributed by atoms with van der Waals surface area (Å²) in [5.74, 6) is -5.35. The molecule has 0 radical (unpaired) electrons. The fourth-order valence-corrected chi connectivity index (χ4v) is 10.9. The lowest BCUT2D eigenvalue weighted by atomic mass is 9.98. The lowest BCUT2D eigenvalue weighted by Crippen LogP contribution is -2.74. The van der Waals surface area contributed by atoms with Crippen molar-refractivity contribution >= 4 is 68.2 Å². The first-order valence-corrected chi connectivity index (χ1v) is 29.3. The van der Waals surface area contributed by atoms with Crippen molar-refractivity contribution in [3.05, 3.63) is 195 Å². The quantitative estimate of drug-likeness (QED) is 0.0108. The highest BCUT2D eigenvalue weighted by Crippen LogP contribution is 2.43. The van der Waals surface area contributed by atoms with Crippen LogP contribution in [0.15, 0.2) is 155 Å². The minimum absolute atomic E-state index is 0.0562. The summed E-state index contributed by atoms with van der Waals surface area (Å²) in [5.41, 5.74) is -0.358. The fraction of sp³-hybridized carbons (Fsp3) is 0.288. The Morgan fingerprint density at radius 2 is 1.49 bits per heavy atom. The summed E-state index contributed by atoms with van der Waals surface area (Å²) in [6.07, 6.45) is 0.0173. The average molecular weight is 1210 g/mol. The molecular weight excluding hydrogens is 1150 g/mol. The molecule has 0 bridgehead atoms. The van der Waals surface area contributed by atoms with Gasteiger partial charge in [-0.2, -0.15) is 13.1 Å².